The van der Waals surface area contributed by atoms with Crippen LogP contribution in [0.4, 0.5) is 0 Å². The summed E-state index contributed by atoms with van der Waals surface area (Å²) in [6, 6.07) is 18.3. The first-order chi connectivity index (χ1) is 10.4. The molecule has 0 aliphatic heterocycles. The summed E-state index contributed by atoms with van der Waals surface area (Å²) in [7, 11) is 0. The molecule has 0 unspecified atom stereocenters. The predicted molar refractivity (Wildman–Crippen MR) is 84.4 cm³/mol. The first-order valence-electron chi connectivity index (χ1n) is 7.24. The van der Waals surface area contributed by atoms with Crippen molar-refractivity contribution in [1.29, 1.82) is 0 Å². The number of aliphatic hydroxyl groups excluding tert-OH is 1. The molecule has 1 N–H and O–H groups in total. The van der Waals surface area contributed by atoms with Crippen LogP contribution in [0.25, 0.3) is 10.9 Å². The summed E-state index contributed by atoms with van der Waals surface area (Å²) in [6.45, 7) is 1.60. The maximum atomic E-state index is 8.96. The lowest BCUT2D eigenvalue weighted by Crippen LogP contribution is -1.99. The molecular weight excluding hydrogens is 262 g/mol. The van der Waals surface area contributed by atoms with Crippen molar-refractivity contribution in [2.75, 3.05) is 6.61 Å². The van der Waals surface area contributed by atoms with Gasteiger partial charge in [-0.25, -0.2) is 0 Å². The molecule has 0 saturated carbocycles. The van der Waals surface area contributed by atoms with E-state index in [9.17, 15) is 0 Å². The predicted octanol–water partition coefficient (Wildman–Crippen LogP) is 3.60. The van der Waals surface area contributed by atoms with E-state index >= 15 is 0 Å². The Kier molecular flexibility index (Phi) is 4.22. The molecule has 0 amide bonds. The van der Waals surface area contributed by atoms with E-state index in [1.807, 2.05) is 30.3 Å². The highest BCUT2D eigenvalue weighted by Crippen LogP contribution is 2.27. The Labute approximate surface area is 124 Å². The van der Waals surface area contributed by atoms with Gasteiger partial charge in [0.1, 0.15) is 12.4 Å². The third kappa shape index (κ3) is 3.09. The fourth-order valence-corrected chi connectivity index (χ4v) is 2.49. The summed E-state index contributed by atoms with van der Waals surface area (Å²) in [5, 5.41) is 10.1. The van der Waals surface area contributed by atoms with Crippen molar-refractivity contribution in [2.45, 2.75) is 19.6 Å². The molecule has 0 saturated heterocycles. The standard InChI is InChI=1S/C18H19NO2/c20-13-5-11-19-12-10-16-17(19)8-4-9-18(16)21-14-15-6-2-1-3-7-15/h1-4,6-10,12,20H,5,11,13-14H2. The van der Waals surface area contributed by atoms with Gasteiger partial charge in [-0.2, -0.15) is 0 Å². The largest absolute Gasteiger partial charge is 0.488 e. The highest BCUT2D eigenvalue weighted by molar-refractivity contribution is 5.86. The number of aryl methyl sites for hydroxylation is 1. The summed E-state index contributed by atoms with van der Waals surface area (Å²) in [5.41, 5.74) is 2.31. The van der Waals surface area contributed by atoms with E-state index in [0.717, 1.165) is 35.2 Å². The van der Waals surface area contributed by atoms with Gasteiger partial charge in [0.05, 0.1) is 5.52 Å². The maximum absolute atomic E-state index is 8.96. The summed E-state index contributed by atoms with van der Waals surface area (Å²) >= 11 is 0. The Morgan fingerprint density at radius 3 is 2.62 bits per heavy atom. The van der Waals surface area contributed by atoms with E-state index < -0.39 is 0 Å². The number of ether oxygens (including phenoxy) is 1. The van der Waals surface area contributed by atoms with Gasteiger partial charge in [0.2, 0.25) is 0 Å². The number of rotatable bonds is 6. The average molecular weight is 281 g/mol. The molecule has 0 radical (unpaired) electrons. The smallest absolute Gasteiger partial charge is 0.129 e. The van der Waals surface area contributed by atoms with E-state index in [1.165, 1.54) is 0 Å². The van der Waals surface area contributed by atoms with Crippen LogP contribution in [0.5, 0.6) is 5.75 Å². The van der Waals surface area contributed by atoms with Crippen molar-refractivity contribution in [3.8, 4) is 5.75 Å². The number of aliphatic hydroxyl groups is 1. The van der Waals surface area contributed by atoms with Crippen molar-refractivity contribution >= 4 is 10.9 Å². The third-order valence-electron chi connectivity index (χ3n) is 3.57. The second-order valence-electron chi connectivity index (χ2n) is 5.05. The van der Waals surface area contributed by atoms with E-state index in [1.54, 1.807) is 0 Å². The van der Waals surface area contributed by atoms with Crippen molar-refractivity contribution in [1.82, 2.24) is 4.57 Å². The summed E-state index contributed by atoms with van der Waals surface area (Å²) < 4.78 is 8.11. The molecule has 0 atom stereocenters. The quantitative estimate of drug-likeness (QED) is 0.749. The highest BCUT2D eigenvalue weighted by Gasteiger charge is 2.06. The van der Waals surface area contributed by atoms with E-state index in [0.29, 0.717) is 6.61 Å². The minimum atomic E-state index is 0.212. The Hall–Kier alpha value is -2.26. The molecule has 3 nitrogen and oxygen atoms in total. The summed E-state index contributed by atoms with van der Waals surface area (Å²) in [5.74, 6) is 0.902. The summed E-state index contributed by atoms with van der Waals surface area (Å²) in [6.07, 6.45) is 2.81. The molecule has 3 rings (SSSR count). The highest BCUT2D eigenvalue weighted by atomic mass is 16.5. The van der Waals surface area contributed by atoms with Crippen molar-refractivity contribution in [2.24, 2.45) is 0 Å². The lowest BCUT2D eigenvalue weighted by atomic mass is 10.2. The fourth-order valence-electron chi connectivity index (χ4n) is 2.49. The second kappa shape index (κ2) is 6.46. The SMILES string of the molecule is OCCCn1ccc2c(OCc3ccccc3)cccc21. The molecule has 1 aromatic heterocycles. The van der Waals surface area contributed by atoms with Crippen LogP contribution in [0.2, 0.25) is 0 Å². The van der Waals surface area contributed by atoms with E-state index in [4.69, 9.17) is 9.84 Å². The number of benzene rings is 2. The van der Waals surface area contributed by atoms with Crippen LogP contribution in [0.15, 0.2) is 60.8 Å². The molecule has 0 aliphatic carbocycles. The zero-order valence-corrected chi connectivity index (χ0v) is 11.9. The third-order valence-corrected chi connectivity index (χ3v) is 3.57. The molecule has 21 heavy (non-hydrogen) atoms. The molecule has 3 aromatic rings. The van der Waals surface area contributed by atoms with Crippen LogP contribution in [-0.4, -0.2) is 16.3 Å². The minimum Gasteiger partial charge on any atom is -0.488 e. The van der Waals surface area contributed by atoms with Crippen LogP contribution in [-0.2, 0) is 13.2 Å². The van der Waals surface area contributed by atoms with Gasteiger partial charge < -0.3 is 14.4 Å². The maximum Gasteiger partial charge on any atom is 0.129 e. The first kappa shape index (κ1) is 13.7. The Morgan fingerprint density at radius 2 is 1.81 bits per heavy atom. The molecule has 0 spiro atoms. The van der Waals surface area contributed by atoms with Gasteiger partial charge in [-0.1, -0.05) is 36.4 Å². The average Bonchev–Trinajstić information content (AvgIpc) is 2.95. The van der Waals surface area contributed by atoms with E-state index in [-0.39, 0.29) is 6.61 Å². The number of fused-ring (bicyclic) bond motifs is 1. The molecule has 108 valence electrons. The fraction of sp³-hybridized carbons (Fsp3) is 0.222. The molecular formula is C18H19NO2. The molecule has 0 aliphatic rings. The Morgan fingerprint density at radius 1 is 0.952 bits per heavy atom. The monoisotopic (exact) mass is 281 g/mol. The normalized spacial score (nSPS) is 10.9. The van der Waals surface area contributed by atoms with Gasteiger partial charge in [0.25, 0.3) is 0 Å². The van der Waals surface area contributed by atoms with Crippen LogP contribution in [0.1, 0.15) is 12.0 Å². The summed E-state index contributed by atoms with van der Waals surface area (Å²) in [4.78, 5) is 0. The van der Waals surface area contributed by atoms with Crippen LogP contribution < -0.4 is 4.74 Å². The van der Waals surface area contributed by atoms with Gasteiger partial charge in [-0.3, -0.25) is 0 Å². The van der Waals surface area contributed by atoms with Gasteiger partial charge in [-0.05, 0) is 30.2 Å². The molecule has 1 heterocycles. The molecule has 0 fully saturated rings. The van der Waals surface area contributed by atoms with E-state index in [2.05, 4.69) is 35.0 Å². The number of nitrogens with zero attached hydrogens (tertiary/aromatic N) is 1. The van der Waals surface area contributed by atoms with Crippen molar-refractivity contribution in [3.63, 3.8) is 0 Å². The van der Waals surface area contributed by atoms with Crippen LogP contribution in [0, 0.1) is 0 Å². The van der Waals surface area contributed by atoms with Gasteiger partial charge in [0, 0.05) is 24.7 Å². The second-order valence-corrected chi connectivity index (χ2v) is 5.05. The Balaban J connectivity index is 1.81. The number of hydrogen-bond acceptors (Lipinski definition) is 2. The molecule has 0 bridgehead atoms. The number of aromatic nitrogens is 1. The van der Waals surface area contributed by atoms with Gasteiger partial charge in [-0.15, -0.1) is 0 Å². The Bertz CT molecular complexity index is 704. The lowest BCUT2D eigenvalue weighted by Gasteiger charge is -2.09. The zero-order chi connectivity index (χ0) is 14.5. The van der Waals surface area contributed by atoms with Crippen molar-refractivity contribution in [3.05, 3.63) is 66.4 Å². The molecule has 3 heteroatoms. The van der Waals surface area contributed by atoms with Crippen LogP contribution in [0.3, 0.4) is 0 Å². The first-order valence-corrected chi connectivity index (χ1v) is 7.24. The zero-order valence-electron chi connectivity index (χ0n) is 11.9. The minimum absolute atomic E-state index is 0.212. The lowest BCUT2D eigenvalue weighted by molar-refractivity contribution is 0.280. The van der Waals surface area contributed by atoms with Crippen LogP contribution >= 0.6 is 0 Å². The van der Waals surface area contributed by atoms with Gasteiger partial charge in [0.15, 0.2) is 0 Å². The van der Waals surface area contributed by atoms with Gasteiger partial charge >= 0.3 is 0 Å². The topological polar surface area (TPSA) is 34.4 Å². The number of hydrogen-bond donors (Lipinski definition) is 1. The van der Waals surface area contributed by atoms with Crippen molar-refractivity contribution < 1.29 is 9.84 Å². The molecule has 2 aromatic carbocycles.